The highest BCUT2D eigenvalue weighted by Gasteiger charge is 2.25. The summed E-state index contributed by atoms with van der Waals surface area (Å²) in [5, 5.41) is 12.7. The topological polar surface area (TPSA) is 47.7 Å². The van der Waals surface area contributed by atoms with Gasteiger partial charge in [0.25, 0.3) is 0 Å². The van der Waals surface area contributed by atoms with Crippen LogP contribution in [-0.2, 0) is 7.05 Å². The van der Waals surface area contributed by atoms with Gasteiger partial charge in [0.05, 0.1) is 17.1 Å². The molecule has 1 atom stereocenters. The first-order valence-electron chi connectivity index (χ1n) is 7.77. The van der Waals surface area contributed by atoms with Crippen molar-refractivity contribution in [3.05, 3.63) is 54.2 Å². The monoisotopic (exact) mass is 347 g/mol. The molecule has 1 aliphatic heterocycles. The normalized spacial score (nSPS) is 17.0. The Hall–Kier alpha value is -2.18. The third-order valence-corrected chi connectivity index (χ3v) is 4.27. The molecule has 0 aliphatic carbocycles. The number of benzene rings is 1. The molecule has 3 heterocycles. The molecule has 0 bridgehead atoms. The van der Waals surface area contributed by atoms with E-state index in [1.165, 1.54) is 12.1 Å². The molecule has 0 spiro atoms. The Bertz CT molecular complexity index is 818. The molecule has 5 nitrogen and oxygen atoms in total. The molecule has 24 heavy (non-hydrogen) atoms. The molecule has 2 aromatic heterocycles. The van der Waals surface area contributed by atoms with Crippen LogP contribution in [0, 0.1) is 5.82 Å². The number of aromatic nitrogens is 4. The van der Waals surface area contributed by atoms with Crippen LogP contribution in [-0.4, -0.2) is 32.7 Å². The number of hydrogen-bond donors (Lipinski definition) is 1. The predicted octanol–water partition coefficient (Wildman–Crippen LogP) is 2.91. The zero-order valence-electron chi connectivity index (χ0n) is 13.3. The number of rotatable bonds is 3. The first-order chi connectivity index (χ1) is 11.2. The lowest BCUT2D eigenvalue weighted by atomic mass is 10.00. The van der Waals surface area contributed by atoms with E-state index in [1.54, 1.807) is 16.8 Å². The molecule has 7 heteroatoms. The molecule has 1 saturated heterocycles. The first kappa shape index (κ1) is 16.7. The maximum absolute atomic E-state index is 13.1. The first-order valence-corrected chi connectivity index (χ1v) is 7.77. The number of aryl methyl sites for hydroxylation is 1. The van der Waals surface area contributed by atoms with Crippen molar-refractivity contribution in [1.82, 2.24) is 24.9 Å². The molecule has 4 rings (SSSR count). The Balaban J connectivity index is 0.00000169. The minimum absolute atomic E-state index is 0. The van der Waals surface area contributed by atoms with Gasteiger partial charge in [-0.15, -0.1) is 12.4 Å². The average Bonchev–Trinajstić information content (AvgIpc) is 3.27. The number of nitrogens with one attached hydrogen (secondary N) is 1. The molecule has 1 N–H and O–H groups in total. The fourth-order valence-electron chi connectivity index (χ4n) is 3.06. The molecule has 0 amide bonds. The van der Waals surface area contributed by atoms with E-state index in [4.69, 9.17) is 5.10 Å². The van der Waals surface area contributed by atoms with E-state index in [0.717, 1.165) is 42.1 Å². The maximum atomic E-state index is 13.1. The highest BCUT2D eigenvalue weighted by molar-refractivity contribution is 5.85. The molecular formula is C17H19ClFN5. The Labute approximate surface area is 145 Å². The summed E-state index contributed by atoms with van der Waals surface area (Å²) in [6.07, 6.45) is 4.99. The van der Waals surface area contributed by atoms with Crippen molar-refractivity contribution < 1.29 is 4.39 Å². The Morgan fingerprint density at radius 1 is 1.17 bits per heavy atom. The zero-order chi connectivity index (χ0) is 15.8. The number of halogens is 2. The second-order valence-corrected chi connectivity index (χ2v) is 5.91. The smallest absolute Gasteiger partial charge is 0.123 e. The Morgan fingerprint density at radius 2 is 1.96 bits per heavy atom. The zero-order valence-corrected chi connectivity index (χ0v) is 14.1. The van der Waals surface area contributed by atoms with Gasteiger partial charge in [0.2, 0.25) is 0 Å². The Morgan fingerprint density at radius 3 is 2.58 bits per heavy atom. The van der Waals surface area contributed by atoms with Gasteiger partial charge in [0, 0.05) is 37.5 Å². The summed E-state index contributed by atoms with van der Waals surface area (Å²) >= 11 is 0. The molecule has 1 fully saturated rings. The van der Waals surface area contributed by atoms with Crippen molar-refractivity contribution >= 4 is 12.4 Å². The molecule has 126 valence electrons. The second kappa shape index (κ2) is 6.75. The average molecular weight is 348 g/mol. The summed E-state index contributed by atoms with van der Waals surface area (Å²) in [5.41, 5.74) is 3.87. The van der Waals surface area contributed by atoms with Crippen molar-refractivity contribution in [2.24, 2.45) is 7.05 Å². The van der Waals surface area contributed by atoms with Crippen LogP contribution in [0.15, 0.2) is 42.7 Å². The van der Waals surface area contributed by atoms with E-state index >= 15 is 0 Å². The predicted molar refractivity (Wildman–Crippen MR) is 93.2 cm³/mol. The molecule has 1 aliphatic rings. The van der Waals surface area contributed by atoms with E-state index in [9.17, 15) is 4.39 Å². The summed E-state index contributed by atoms with van der Waals surface area (Å²) in [6.45, 7) is 1.94. The quantitative estimate of drug-likeness (QED) is 0.792. The van der Waals surface area contributed by atoms with Crippen LogP contribution in [0.5, 0.6) is 0 Å². The van der Waals surface area contributed by atoms with Crippen LogP contribution in [0.3, 0.4) is 0 Å². The van der Waals surface area contributed by atoms with Crippen molar-refractivity contribution in [3.63, 3.8) is 0 Å². The summed E-state index contributed by atoms with van der Waals surface area (Å²) in [7, 11) is 1.91. The molecule has 1 unspecified atom stereocenters. The fourth-order valence-corrected chi connectivity index (χ4v) is 3.06. The van der Waals surface area contributed by atoms with Crippen LogP contribution < -0.4 is 5.32 Å². The summed E-state index contributed by atoms with van der Waals surface area (Å²) in [4.78, 5) is 0. The van der Waals surface area contributed by atoms with Gasteiger partial charge >= 0.3 is 0 Å². The van der Waals surface area contributed by atoms with Gasteiger partial charge in [-0.05, 0) is 43.3 Å². The van der Waals surface area contributed by atoms with E-state index in [0.29, 0.717) is 5.92 Å². The summed E-state index contributed by atoms with van der Waals surface area (Å²) in [6, 6.07) is 8.38. The van der Waals surface area contributed by atoms with E-state index < -0.39 is 0 Å². The lowest BCUT2D eigenvalue weighted by Crippen LogP contribution is -2.09. The highest BCUT2D eigenvalue weighted by atomic mass is 35.5. The van der Waals surface area contributed by atoms with Gasteiger partial charge in [0.15, 0.2) is 0 Å². The van der Waals surface area contributed by atoms with Crippen molar-refractivity contribution in [3.8, 4) is 16.9 Å². The summed E-state index contributed by atoms with van der Waals surface area (Å²) < 4.78 is 16.8. The standard InChI is InChI=1S/C17H18FN5.ClH/c1-22-9-7-16(20-22)15-11-23(14-4-2-13(18)3-5-14)21-17(15)12-6-8-19-10-12;/h2-5,7,9,11-12,19H,6,8,10H2,1H3;1H. The number of hydrogen-bond acceptors (Lipinski definition) is 3. The van der Waals surface area contributed by atoms with Gasteiger partial charge < -0.3 is 5.32 Å². The molecular weight excluding hydrogens is 329 g/mol. The van der Waals surface area contributed by atoms with Gasteiger partial charge in [-0.2, -0.15) is 10.2 Å². The van der Waals surface area contributed by atoms with Crippen molar-refractivity contribution in [2.45, 2.75) is 12.3 Å². The molecule has 1 aromatic carbocycles. The minimum atomic E-state index is -0.244. The van der Waals surface area contributed by atoms with Gasteiger partial charge in [0.1, 0.15) is 5.82 Å². The third-order valence-electron chi connectivity index (χ3n) is 4.27. The van der Waals surface area contributed by atoms with E-state index in [1.807, 2.05) is 30.2 Å². The van der Waals surface area contributed by atoms with E-state index in [-0.39, 0.29) is 18.2 Å². The van der Waals surface area contributed by atoms with Crippen LogP contribution in [0.1, 0.15) is 18.0 Å². The van der Waals surface area contributed by atoms with Gasteiger partial charge in [-0.25, -0.2) is 9.07 Å². The summed E-state index contributed by atoms with van der Waals surface area (Å²) in [5.74, 6) is 0.139. The molecule has 0 saturated carbocycles. The largest absolute Gasteiger partial charge is 0.316 e. The molecule has 0 radical (unpaired) electrons. The minimum Gasteiger partial charge on any atom is -0.316 e. The SMILES string of the molecule is Cl.Cn1ccc(-c2cn(-c3ccc(F)cc3)nc2C2CCNC2)n1. The van der Waals surface area contributed by atoms with Crippen LogP contribution in [0.25, 0.3) is 16.9 Å². The van der Waals surface area contributed by atoms with Crippen molar-refractivity contribution in [2.75, 3.05) is 13.1 Å². The van der Waals surface area contributed by atoms with Gasteiger partial charge in [-0.1, -0.05) is 0 Å². The third kappa shape index (κ3) is 3.07. The Kier molecular flexibility index (Phi) is 4.69. The van der Waals surface area contributed by atoms with Gasteiger partial charge in [-0.3, -0.25) is 4.68 Å². The lowest BCUT2D eigenvalue weighted by molar-refractivity contribution is 0.626. The lowest BCUT2D eigenvalue weighted by Gasteiger charge is -2.06. The highest BCUT2D eigenvalue weighted by Crippen LogP contribution is 2.31. The maximum Gasteiger partial charge on any atom is 0.123 e. The second-order valence-electron chi connectivity index (χ2n) is 5.91. The van der Waals surface area contributed by atoms with Crippen LogP contribution in [0.2, 0.25) is 0 Å². The molecule has 3 aromatic rings. The number of nitrogens with zero attached hydrogens (tertiary/aromatic N) is 4. The van der Waals surface area contributed by atoms with Crippen molar-refractivity contribution in [1.29, 1.82) is 0 Å². The fraction of sp³-hybridized carbons (Fsp3) is 0.294. The van der Waals surface area contributed by atoms with Crippen LogP contribution >= 0.6 is 12.4 Å². The van der Waals surface area contributed by atoms with E-state index in [2.05, 4.69) is 10.4 Å². The van der Waals surface area contributed by atoms with Crippen LogP contribution in [0.4, 0.5) is 4.39 Å².